The molecular formula is C14H20ClNO3. The molecule has 0 bridgehead atoms. The fraction of sp³-hybridized carbons (Fsp3) is 0.571. The first-order chi connectivity index (χ1) is 8.86. The van der Waals surface area contributed by atoms with E-state index in [-0.39, 0.29) is 12.6 Å². The number of hydrogen-bond donors (Lipinski definition) is 2. The van der Waals surface area contributed by atoms with Gasteiger partial charge in [-0.25, -0.2) is 0 Å². The number of ether oxygens (including phenoxy) is 1. The molecule has 106 valence electrons. The maximum Gasteiger partial charge on any atom is 0.126 e. The lowest BCUT2D eigenvalue weighted by Gasteiger charge is -2.46. The highest BCUT2D eigenvalue weighted by Crippen LogP contribution is 2.42. The Morgan fingerprint density at radius 2 is 2.11 bits per heavy atom. The predicted molar refractivity (Wildman–Crippen MR) is 74.6 cm³/mol. The lowest BCUT2D eigenvalue weighted by atomic mass is 9.85. The molecule has 5 heteroatoms. The third kappa shape index (κ3) is 2.72. The maximum atomic E-state index is 10.6. The van der Waals surface area contributed by atoms with Gasteiger partial charge in [-0.15, -0.1) is 0 Å². The summed E-state index contributed by atoms with van der Waals surface area (Å²) < 4.78 is 5.98. The number of benzene rings is 1. The quantitative estimate of drug-likeness (QED) is 0.890. The van der Waals surface area contributed by atoms with Gasteiger partial charge in [-0.05, 0) is 39.1 Å². The SMILES string of the molecule is CN(CCO)C1C(O)c2cc(Cl)ccc2OC1(C)C. The van der Waals surface area contributed by atoms with Crippen molar-refractivity contribution in [2.45, 2.75) is 31.6 Å². The van der Waals surface area contributed by atoms with Gasteiger partial charge in [0, 0.05) is 17.1 Å². The number of fused-ring (bicyclic) bond motifs is 1. The van der Waals surface area contributed by atoms with Crippen LogP contribution in [0.1, 0.15) is 25.5 Å². The zero-order chi connectivity index (χ0) is 14.2. The highest BCUT2D eigenvalue weighted by atomic mass is 35.5. The summed E-state index contributed by atoms with van der Waals surface area (Å²) in [5.74, 6) is 0.663. The zero-order valence-corrected chi connectivity index (χ0v) is 12.2. The molecule has 1 heterocycles. The number of aliphatic hydroxyl groups is 2. The first-order valence-electron chi connectivity index (χ1n) is 6.34. The Morgan fingerprint density at radius 3 is 2.74 bits per heavy atom. The van der Waals surface area contributed by atoms with Gasteiger partial charge in [0.2, 0.25) is 0 Å². The third-order valence-corrected chi connectivity index (χ3v) is 3.84. The third-order valence-electron chi connectivity index (χ3n) is 3.60. The molecule has 0 saturated heterocycles. The van der Waals surface area contributed by atoms with Crippen molar-refractivity contribution in [3.05, 3.63) is 28.8 Å². The molecule has 1 aliphatic heterocycles. The van der Waals surface area contributed by atoms with E-state index in [1.165, 1.54) is 0 Å². The molecule has 0 aromatic heterocycles. The monoisotopic (exact) mass is 285 g/mol. The standard InChI is InChI=1S/C14H20ClNO3/c1-14(2)13(16(3)6-7-17)12(18)10-8-9(15)4-5-11(10)19-14/h4-5,8,12-13,17-18H,6-7H2,1-3H3. The normalized spacial score (nSPS) is 25.0. The maximum absolute atomic E-state index is 10.6. The molecule has 0 saturated carbocycles. The minimum atomic E-state index is -0.700. The number of aliphatic hydroxyl groups excluding tert-OH is 2. The van der Waals surface area contributed by atoms with Crippen LogP contribution in [0.5, 0.6) is 5.75 Å². The van der Waals surface area contributed by atoms with E-state index >= 15 is 0 Å². The molecule has 1 aliphatic rings. The van der Waals surface area contributed by atoms with Crippen LogP contribution < -0.4 is 4.74 Å². The van der Waals surface area contributed by atoms with Gasteiger partial charge < -0.3 is 14.9 Å². The van der Waals surface area contributed by atoms with Crippen LogP contribution in [-0.4, -0.2) is 47.0 Å². The Labute approximate surface area is 118 Å². The molecule has 0 amide bonds. The number of rotatable bonds is 3. The van der Waals surface area contributed by atoms with Gasteiger partial charge in [-0.3, -0.25) is 4.90 Å². The van der Waals surface area contributed by atoms with E-state index in [1.807, 2.05) is 25.8 Å². The lowest BCUT2D eigenvalue weighted by molar-refractivity contribution is -0.0772. The van der Waals surface area contributed by atoms with Gasteiger partial charge in [0.15, 0.2) is 0 Å². The molecular weight excluding hydrogens is 266 g/mol. The molecule has 0 aliphatic carbocycles. The fourth-order valence-corrected chi connectivity index (χ4v) is 2.99. The van der Waals surface area contributed by atoms with Crippen LogP contribution >= 0.6 is 11.6 Å². The summed E-state index contributed by atoms with van der Waals surface area (Å²) in [5.41, 5.74) is 0.145. The molecule has 2 unspecified atom stereocenters. The zero-order valence-electron chi connectivity index (χ0n) is 11.4. The minimum Gasteiger partial charge on any atom is -0.486 e. The molecule has 4 nitrogen and oxygen atoms in total. The molecule has 1 aromatic rings. The predicted octanol–water partition coefficient (Wildman–Crippen LogP) is 1.84. The Kier molecular flexibility index (Phi) is 4.06. The van der Waals surface area contributed by atoms with Crippen LogP contribution in [0.2, 0.25) is 5.02 Å². The number of likely N-dealkylation sites (N-methyl/N-ethyl adjacent to an activating group) is 1. The van der Waals surface area contributed by atoms with Crippen molar-refractivity contribution in [3.8, 4) is 5.75 Å². The van der Waals surface area contributed by atoms with E-state index in [0.29, 0.717) is 22.9 Å². The molecule has 2 rings (SSSR count). The average Bonchev–Trinajstić information content (AvgIpc) is 2.30. The van der Waals surface area contributed by atoms with Crippen molar-refractivity contribution in [2.24, 2.45) is 0 Å². The van der Waals surface area contributed by atoms with Crippen molar-refractivity contribution in [1.29, 1.82) is 0 Å². The van der Waals surface area contributed by atoms with E-state index in [9.17, 15) is 5.11 Å². The highest BCUT2D eigenvalue weighted by Gasteiger charge is 2.45. The van der Waals surface area contributed by atoms with Crippen LogP contribution in [0.4, 0.5) is 0 Å². The first kappa shape index (κ1) is 14.6. The van der Waals surface area contributed by atoms with Gasteiger partial charge in [0.1, 0.15) is 17.5 Å². The van der Waals surface area contributed by atoms with Crippen LogP contribution in [0.15, 0.2) is 18.2 Å². The number of halogens is 1. The van der Waals surface area contributed by atoms with Crippen LogP contribution in [0.3, 0.4) is 0 Å². The second kappa shape index (κ2) is 5.29. The summed E-state index contributed by atoms with van der Waals surface area (Å²) in [5, 5.41) is 20.3. The van der Waals surface area contributed by atoms with E-state index in [1.54, 1.807) is 18.2 Å². The van der Waals surface area contributed by atoms with Gasteiger partial charge >= 0.3 is 0 Å². The van der Waals surface area contributed by atoms with Crippen LogP contribution in [0.25, 0.3) is 0 Å². The molecule has 0 radical (unpaired) electrons. The second-order valence-electron chi connectivity index (χ2n) is 5.48. The van der Waals surface area contributed by atoms with E-state index in [0.717, 1.165) is 0 Å². The summed E-state index contributed by atoms with van der Waals surface area (Å²) in [6, 6.07) is 5.02. The minimum absolute atomic E-state index is 0.0399. The lowest BCUT2D eigenvalue weighted by Crippen LogP contribution is -2.57. The van der Waals surface area contributed by atoms with E-state index < -0.39 is 11.7 Å². The Balaban J connectivity index is 2.40. The largest absolute Gasteiger partial charge is 0.486 e. The summed E-state index contributed by atoms with van der Waals surface area (Å²) in [7, 11) is 1.87. The van der Waals surface area contributed by atoms with Crippen molar-refractivity contribution in [3.63, 3.8) is 0 Å². The first-order valence-corrected chi connectivity index (χ1v) is 6.72. The Morgan fingerprint density at radius 1 is 1.42 bits per heavy atom. The van der Waals surface area contributed by atoms with E-state index in [4.69, 9.17) is 21.4 Å². The summed E-state index contributed by atoms with van der Waals surface area (Å²) in [4.78, 5) is 1.91. The van der Waals surface area contributed by atoms with E-state index in [2.05, 4.69) is 0 Å². The molecule has 19 heavy (non-hydrogen) atoms. The molecule has 2 atom stereocenters. The van der Waals surface area contributed by atoms with Crippen molar-refractivity contribution in [2.75, 3.05) is 20.2 Å². The van der Waals surface area contributed by atoms with Gasteiger partial charge in [-0.2, -0.15) is 0 Å². The van der Waals surface area contributed by atoms with Gasteiger partial charge in [0.05, 0.1) is 12.6 Å². The molecule has 1 aromatic carbocycles. The topological polar surface area (TPSA) is 52.9 Å². The molecule has 2 N–H and O–H groups in total. The molecule has 0 fully saturated rings. The summed E-state index contributed by atoms with van der Waals surface area (Å²) in [6.45, 7) is 4.39. The van der Waals surface area contributed by atoms with Crippen molar-refractivity contribution >= 4 is 11.6 Å². The van der Waals surface area contributed by atoms with Crippen LogP contribution in [-0.2, 0) is 0 Å². The summed E-state index contributed by atoms with van der Waals surface area (Å²) >= 11 is 5.98. The van der Waals surface area contributed by atoms with Crippen molar-refractivity contribution < 1.29 is 14.9 Å². The number of hydrogen-bond acceptors (Lipinski definition) is 4. The van der Waals surface area contributed by atoms with Crippen LogP contribution in [0, 0.1) is 0 Å². The number of nitrogens with zero attached hydrogens (tertiary/aromatic N) is 1. The fourth-order valence-electron chi connectivity index (χ4n) is 2.81. The summed E-state index contributed by atoms with van der Waals surface area (Å²) in [6.07, 6.45) is -0.700. The highest BCUT2D eigenvalue weighted by molar-refractivity contribution is 6.30. The van der Waals surface area contributed by atoms with Crippen molar-refractivity contribution in [1.82, 2.24) is 4.90 Å². The smallest absolute Gasteiger partial charge is 0.126 e. The molecule has 0 spiro atoms. The Hall–Kier alpha value is -0.810. The second-order valence-corrected chi connectivity index (χ2v) is 5.92. The van der Waals surface area contributed by atoms with Gasteiger partial charge in [-0.1, -0.05) is 11.6 Å². The Bertz CT molecular complexity index is 464. The van der Waals surface area contributed by atoms with Gasteiger partial charge in [0.25, 0.3) is 0 Å². The average molecular weight is 286 g/mol.